The minimum atomic E-state index is -0.350. The van der Waals surface area contributed by atoms with Crippen molar-refractivity contribution in [3.8, 4) is 11.5 Å². The van der Waals surface area contributed by atoms with Crippen molar-refractivity contribution in [2.75, 3.05) is 6.61 Å². The molecule has 0 unspecified atom stereocenters. The van der Waals surface area contributed by atoms with E-state index in [0.717, 1.165) is 24.0 Å². The van der Waals surface area contributed by atoms with Crippen LogP contribution in [0.15, 0.2) is 65.8 Å². The first-order valence-corrected chi connectivity index (χ1v) is 9.61. The van der Waals surface area contributed by atoms with Gasteiger partial charge in [0.05, 0.1) is 5.56 Å². The van der Waals surface area contributed by atoms with Gasteiger partial charge in [-0.15, -0.1) is 0 Å². The second kappa shape index (κ2) is 10.9. The lowest BCUT2D eigenvalue weighted by Crippen LogP contribution is -2.05. The van der Waals surface area contributed by atoms with E-state index in [9.17, 15) is 15.0 Å². The van der Waals surface area contributed by atoms with Crippen molar-refractivity contribution < 1.29 is 19.7 Å². The van der Waals surface area contributed by atoms with Gasteiger partial charge in [-0.25, -0.2) is 4.79 Å². The predicted octanol–water partition coefficient (Wildman–Crippen LogP) is 6.12. The lowest BCUT2D eigenvalue weighted by Gasteiger charge is -2.04. The summed E-state index contributed by atoms with van der Waals surface area (Å²) in [7, 11) is 0. The monoisotopic (exact) mass is 392 g/mol. The largest absolute Gasteiger partial charge is 0.504 e. The summed E-state index contributed by atoms with van der Waals surface area (Å²) in [5.41, 5.74) is 4.68. The number of esters is 1. The molecule has 4 heteroatoms. The van der Waals surface area contributed by atoms with Crippen molar-refractivity contribution in [1.82, 2.24) is 0 Å². The maximum absolute atomic E-state index is 12.2. The van der Waals surface area contributed by atoms with Gasteiger partial charge in [-0.1, -0.05) is 47.6 Å². The molecule has 2 N–H and O–H groups in total. The van der Waals surface area contributed by atoms with Gasteiger partial charge < -0.3 is 14.9 Å². The molecule has 29 heavy (non-hydrogen) atoms. The first kappa shape index (κ1) is 22.0. The molecule has 0 radical (unpaired) electrons. The molecule has 0 fully saturated rings. The molecule has 2 aromatic carbocycles. The normalized spacial score (nSPS) is 11.5. The Morgan fingerprint density at radius 3 is 2.21 bits per heavy atom. The average Bonchev–Trinajstić information content (AvgIpc) is 2.69. The number of phenolic OH excluding ortho intramolecular Hbond substituents is 2. The first-order valence-electron chi connectivity index (χ1n) is 9.61. The van der Waals surface area contributed by atoms with Gasteiger partial charge in [0, 0.05) is 0 Å². The van der Waals surface area contributed by atoms with Crippen LogP contribution in [-0.2, 0) is 4.74 Å². The van der Waals surface area contributed by atoms with Gasteiger partial charge in [0.2, 0.25) is 0 Å². The molecule has 0 bridgehead atoms. The van der Waals surface area contributed by atoms with Crippen molar-refractivity contribution in [3.63, 3.8) is 0 Å². The first-order chi connectivity index (χ1) is 13.8. The Morgan fingerprint density at radius 1 is 0.897 bits per heavy atom. The third-order valence-corrected chi connectivity index (χ3v) is 4.35. The highest BCUT2D eigenvalue weighted by molar-refractivity contribution is 5.89. The van der Waals surface area contributed by atoms with E-state index in [2.05, 4.69) is 19.9 Å². The van der Waals surface area contributed by atoms with Crippen LogP contribution in [-0.4, -0.2) is 22.8 Å². The summed E-state index contributed by atoms with van der Waals surface area (Å²) in [6.07, 6.45) is 9.78. The Hall–Kier alpha value is -3.27. The summed E-state index contributed by atoms with van der Waals surface area (Å²) in [5, 5.41) is 18.9. The van der Waals surface area contributed by atoms with Crippen molar-refractivity contribution >= 4 is 18.1 Å². The van der Waals surface area contributed by atoms with Crippen LogP contribution in [0.25, 0.3) is 12.2 Å². The molecular weight excluding hydrogens is 364 g/mol. The van der Waals surface area contributed by atoms with Crippen LogP contribution >= 0.6 is 0 Å². The van der Waals surface area contributed by atoms with Crippen LogP contribution in [0.2, 0.25) is 0 Å². The molecule has 0 atom stereocenters. The number of hydrogen-bond donors (Lipinski definition) is 2. The smallest absolute Gasteiger partial charge is 0.338 e. The van der Waals surface area contributed by atoms with E-state index in [0.29, 0.717) is 5.56 Å². The van der Waals surface area contributed by atoms with Gasteiger partial charge in [0.15, 0.2) is 11.5 Å². The fourth-order valence-corrected chi connectivity index (χ4v) is 2.60. The Morgan fingerprint density at radius 2 is 1.55 bits per heavy atom. The summed E-state index contributed by atoms with van der Waals surface area (Å²) in [6.45, 7) is 6.48. The number of rotatable bonds is 8. The molecule has 0 saturated heterocycles. The summed E-state index contributed by atoms with van der Waals surface area (Å²) >= 11 is 0. The maximum atomic E-state index is 12.2. The quantitative estimate of drug-likeness (QED) is 0.246. The van der Waals surface area contributed by atoms with Crippen molar-refractivity contribution in [2.24, 2.45) is 0 Å². The molecule has 152 valence electrons. The highest BCUT2D eigenvalue weighted by Crippen LogP contribution is 2.25. The predicted molar refractivity (Wildman–Crippen MR) is 118 cm³/mol. The third-order valence-electron chi connectivity index (χ3n) is 4.35. The van der Waals surface area contributed by atoms with Gasteiger partial charge in [0.1, 0.15) is 6.61 Å². The summed E-state index contributed by atoms with van der Waals surface area (Å²) in [4.78, 5) is 12.2. The third kappa shape index (κ3) is 7.70. The molecule has 0 spiro atoms. The number of carbonyl (C=O) groups excluding carboxylic acids is 1. The van der Waals surface area contributed by atoms with E-state index in [1.54, 1.807) is 18.2 Å². The molecule has 2 rings (SSSR count). The molecule has 0 amide bonds. The lowest BCUT2D eigenvalue weighted by atomic mass is 10.1. The molecule has 2 aromatic rings. The average molecular weight is 392 g/mol. The number of ether oxygens (including phenoxy) is 1. The van der Waals surface area contributed by atoms with E-state index < -0.39 is 0 Å². The number of benzene rings is 2. The Balaban J connectivity index is 1.87. The molecule has 0 saturated carbocycles. The van der Waals surface area contributed by atoms with Crippen molar-refractivity contribution in [3.05, 3.63) is 82.5 Å². The van der Waals surface area contributed by atoms with Crippen molar-refractivity contribution in [1.29, 1.82) is 0 Å². The van der Waals surface area contributed by atoms with Crippen LogP contribution in [0.3, 0.4) is 0 Å². The standard InChI is InChI=1S/C25H28O4/c1-18(2)5-4-6-19(3)15-16-29-25(28)22-12-9-20(10-13-22)7-8-21-11-14-23(26)24(27)17-21/h5,7-15,17,26-27H,4,6,16H2,1-3H3. The molecule has 0 aliphatic heterocycles. The minimum absolute atomic E-state index is 0.150. The SMILES string of the molecule is CC(C)=CCCC(C)=CCOC(=O)c1ccc(C=Cc2ccc(O)c(O)c2)cc1. The van der Waals surface area contributed by atoms with Crippen LogP contribution < -0.4 is 0 Å². The minimum Gasteiger partial charge on any atom is -0.504 e. The summed E-state index contributed by atoms with van der Waals surface area (Å²) in [5.74, 6) is -0.660. The molecular formula is C25H28O4. The zero-order valence-electron chi connectivity index (χ0n) is 17.2. The van der Waals surface area contributed by atoms with Gasteiger partial charge in [0.25, 0.3) is 0 Å². The van der Waals surface area contributed by atoms with Gasteiger partial charge >= 0.3 is 5.97 Å². The maximum Gasteiger partial charge on any atom is 0.338 e. The molecule has 0 aromatic heterocycles. The number of carbonyl (C=O) groups is 1. The molecule has 0 heterocycles. The second-order valence-electron chi connectivity index (χ2n) is 7.17. The van der Waals surface area contributed by atoms with E-state index >= 15 is 0 Å². The van der Waals surface area contributed by atoms with Crippen LogP contribution in [0.5, 0.6) is 11.5 Å². The fourth-order valence-electron chi connectivity index (χ4n) is 2.60. The Bertz CT molecular complexity index is 914. The highest BCUT2D eigenvalue weighted by atomic mass is 16.5. The molecule has 0 aliphatic rings. The fraction of sp³-hybridized carbons (Fsp3) is 0.240. The van der Waals surface area contributed by atoms with E-state index in [4.69, 9.17) is 4.74 Å². The number of aromatic hydroxyl groups is 2. The molecule has 0 aliphatic carbocycles. The van der Waals surface area contributed by atoms with Gasteiger partial charge in [-0.3, -0.25) is 0 Å². The zero-order chi connectivity index (χ0) is 21.2. The van der Waals surface area contributed by atoms with E-state index in [-0.39, 0.29) is 24.1 Å². The topological polar surface area (TPSA) is 66.8 Å². The summed E-state index contributed by atoms with van der Waals surface area (Å²) in [6, 6.07) is 11.7. The Kier molecular flexibility index (Phi) is 8.28. The zero-order valence-corrected chi connectivity index (χ0v) is 17.2. The second-order valence-corrected chi connectivity index (χ2v) is 7.17. The number of hydrogen-bond acceptors (Lipinski definition) is 4. The Labute approximate surface area is 172 Å². The van der Waals surface area contributed by atoms with Crippen LogP contribution in [0, 0.1) is 0 Å². The molecule has 4 nitrogen and oxygen atoms in total. The van der Waals surface area contributed by atoms with Gasteiger partial charge in [-0.2, -0.15) is 0 Å². The summed E-state index contributed by atoms with van der Waals surface area (Å²) < 4.78 is 5.32. The van der Waals surface area contributed by atoms with Crippen LogP contribution in [0.1, 0.15) is 55.1 Å². The van der Waals surface area contributed by atoms with E-state index in [1.165, 1.54) is 23.3 Å². The highest BCUT2D eigenvalue weighted by Gasteiger charge is 2.05. The lowest BCUT2D eigenvalue weighted by molar-refractivity contribution is 0.0549. The van der Waals surface area contributed by atoms with Gasteiger partial charge in [-0.05, 0) is 75.1 Å². The number of allylic oxidation sites excluding steroid dienone is 3. The number of phenols is 2. The van der Waals surface area contributed by atoms with E-state index in [1.807, 2.05) is 37.3 Å². The van der Waals surface area contributed by atoms with Crippen molar-refractivity contribution in [2.45, 2.75) is 33.6 Å². The van der Waals surface area contributed by atoms with Crippen LogP contribution in [0.4, 0.5) is 0 Å².